The number of hydrogen-bond donors (Lipinski definition) is 1. The van der Waals surface area contributed by atoms with Gasteiger partial charge in [-0.15, -0.1) is 0 Å². The van der Waals surface area contributed by atoms with E-state index in [1.807, 2.05) is 0 Å². The second kappa shape index (κ2) is 5.69. The lowest BCUT2D eigenvalue weighted by Gasteiger charge is -2.19. The van der Waals surface area contributed by atoms with E-state index in [-0.39, 0.29) is 10.6 Å². The highest BCUT2D eigenvalue weighted by Gasteiger charge is 2.40. The smallest absolute Gasteiger partial charge is 0.278 e. The van der Waals surface area contributed by atoms with Gasteiger partial charge in [0.15, 0.2) is 0 Å². The summed E-state index contributed by atoms with van der Waals surface area (Å²) in [6, 6.07) is 0.346. The molecule has 1 aromatic rings. The van der Waals surface area contributed by atoms with Gasteiger partial charge in [0.05, 0.1) is 16.7 Å². The molecule has 21 heavy (non-hydrogen) atoms. The van der Waals surface area contributed by atoms with Crippen LogP contribution >= 0.6 is 0 Å². The van der Waals surface area contributed by atoms with Crippen LogP contribution in [0.25, 0.3) is 0 Å². The Morgan fingerprint density at radius 3 is 2.86 bits per heavy atom. The van der Waals surface area contributed by atoms with Crippen LogP contribution < -0.4 is 5.32 Å². The molecule has 0 radical (unpaired) electrons. The highest BCUT2D eigenvalue weighted by atomic mass is 16.6. The number of aryl methyl sites for hydroxylation is 1. The van der Waals surface area contributed by atoms with Gasteiger partial charge >= 0.3 is 0 Å². The maximum absolute atomic E-state index is 11.1. The van der Waals surface area contributed by atoms with E-state index >= 15 is 0 Å². The minimum atomic E-state index is -0.318. The maximum atomic E-state index is 11.1. The van der Waals surface area contributed by atoms with Gasteiger partial charge in [-0.2, -0.15) is 0 Å². The standard InChI is InChI=1S/C15H21N3O3/c1-9-7-16-13(10(2)14(9)18(19)20)8-17-12-5-6-21-15(12)11-3-4-11/h7,11-12,15,17H,3-6,8H2,1-2H3. The number of ether oxygens (including phenoxy) is 1. The lowest BCUT2D eigenvalue weighted by molar-refractivity contribution is -0.386. The van der Waals surface area contributed by atoms with Gasteiger partial charge in [-0.05, 0) is 39.0 Å². The summed E-state index contributed by atoms with van der Waals surface area (Å²) in [6.45, 7) is 4.87. The Morgan fingerprint density at radius 1 is 1.43 bits per heavy atom. The van der Waals surface area contributed by atoms with Crippen LogP contribution in [0.15, 0.2) is 6.20 Å². The Hall–Kier alpha value is -1.53. The Bertz CT molecular complexity index is 557. The predicted molar refractivity (Wildman–Crippen MR) is 78.1 cm³/mol. The fourth-order valence-corrected chi connectivity index (χ4v) is 3.17. The first-order valence-corrected chi connectivity index (χ1v) is 7.52. The minimum Gasteiger partial charge on any atom is -0.376 e. The summed E-state index contributed by atoms with van der Waals surface area (Å²) in [7, 11) is 0. The van der Waals surface area contributed by atoms with Crippen molar-refractivity contribution >= 4 is 5.69 Å². The largest absolute Gasteiger partial charge is 0.376 e. The Morgan fingerprint density at radius 2 is 2.19 bits per heavy atom. The van der Waals surface area contributed by atoms with Gasteiger partial charge in [0.2, 0.25) is 0 Å². The molecule has 1 saturated carbocycles. The monoisotopic (exact) mass is 291 g/mol. The number of aromatic nitrogens is 1. The Kier molecular flexibility index (Phi) is 3.91. The molecule has 2 aliphatic rings. The van der Waals surface area contributed by atoms with E-state index in [1.54, 1.807) is 20.0 Å². The van der Waals surface area contributed by atoms with Crippen molar-refractivity contribution in [2.24, 2.45) is 5.92 Å². The molecule has 6 nitrogen and oxygen atoms in total. The summed E-state index contributed by atoms with van der Waals surface area (Å²) in [5, 5.41) is 14.6. The molecule has 1 aliphatic carbocycles. The summed E-state index contributed by atoms with van der Waals surface area (Å²) < 4.78 is 5.80. The Balaban J connectivity index is 1.70. The van der Waals surface area contributed by atoms with Crippen molar-refractivity contribution in [3.05, 3.63) is 33.1 Å². The van der Waals surface area contributed by atoms with E-state index in [9.17, 15) is 10.1 Å². The normalized spacial score (nSPS) is 25.2. The third-order valence-corrected chi connectivity index (χ3v) is 4.51. The first-order chi connectivity index (χ1) is 10.1. The molecular formula is C15H21N3O3. The van der Waals surface area contributed by atoms with Gasteiger partial charge in [0, 0.05) is 36.5 Å². The summed E-state index contributed by atoms with van der Waals surface area (Å²) in [4.78, 5) is 15.2. The van der Waals surface area contributed by atoms with E-state index in [0.29, 0.717) is 35.7 Å². The van der Waals surface area contributed by atoms with Gasteiger partial charge < -0.3 is 10.1 Å². The lowest BCUT2D eigenvalue weighted by Crippen LogP contribution is -2.37. The van der Waals surface area contributed by atoms with Crippen molar-refractivity contribution in [3.8, 4) is 0 Å². The predicted octanol–water partition coefficient (Wildman–Crippen LogP) is 2.26. The van der Waals surface area contributed by atoms with Crippen LogP contribution in [0.1, 0.15) is 36.1 Å². The zero-order valence-corrected chi connectivity index (χ0v) is 12.5. The third-order valence-electron chi connectivity index (χ3n) is 4.51. The molecule has 2 unspecified atom stereocenters. The van der Waals surface area contributed by atoms with E-state index < -0.39 is 0 Å². The second-order valence-corrected chi connectivity index (χ2v) is 6.07. The van der Waals surface area contributed by atoms with Crippen molar-refractivity contribution in [2.45, 2.75) is 51.8 Å². The van der Waals surface area contributed by atoms with Crippen LogP contribution in [-0.4, -0.2) is 28.7 Å². The first kappa shape index (κ1) is 14.4. The van der Waals surface area contributed by atoms with E-state index in [0.717, 1.165) is 18.7 Å². The van der Waals surface area contributed by atoms with E-state index in [1.165, 1.54) is 12.8 Å². The maximum Gasteiger partial charge on any atom is 0.278 e. The van der Waals surface area contributed by atoms with Crippen LogP contribution in [0, 0.1) is 29.9 Å². The molecule has 2 heterocycles. The molecule has 0 spiro atoms. The first-order valence-electron chi connectivity index (χ1n) is 7.52. The van der Waals surface area contributed by atoms with Crippen molar-refractivity contribution < 1.29 is 9.66 Å². The molecule has 0 amide bonds. The van der Waals surface area contributed by atoms with Gasteiger partial charge in [0.1, 0.15) is 0 Å². The fraction of sp³-hybridized carbons (Fsp3) is 0.667. The Labute approximate surface area is 124 Å². The quantitative estimate of drug-likeness (QED) is 0.665. The number of pyridine rings is 1. The number of nitrogens with one attached hydrogen (secondary N) is 1. The highest BCUT2D eigenvalue weighted by Crippen LogP contribution is 2.38. The lowest BCUT2D eigenvalue weighted by atomic mass is 10.1. The van der Waals surface area contributed by atoms with Crippen molar-refractivity contribution in [1.82, 2.24) is 10.3 Å². The molecule has 1 aromatic heterocycles. The fourth-order valence-electron chi connectivity index (χ4n) is 3.17. The molecule has 0 bridgehead atoms. The molecule has 2 atom stereocenters. The second-order valence-electron chi connectivity index (χ2n) is 6.07. The molecule has 2 fully saturated rings. The summed E-state index contributed by atoms with van der Waals surface area (Å²) in [5.74, 6) is 0.700. The molecule has 3 rings (SSSR count). The molecule has 6 heteroatoms. The highest BCUT2D eigenvalue weighted by molar-refractivity contribution is 5.47. The average molecular weight is 291 g/mol. The number of rotatable bonds is 5. The average Bonchev–Trinajstić information content (AvgIpc) is 3.17. The molecular weight excluding hydrogens is 270 g/mol. The van der Waals surface area contributed by atoms with Crippen molar-refractivity contribution in [3.63, 3.8) is 0 Å². The molecule has 1 saturated heterocycles. The molecule has 114 valence electrons. The van der Waals surface area contributed by atoms with E-state index in [4.69, 9.17) is 4.74 Å². The van der Waals surface area contributed by atoms with Gasteiger partial charge in [-0.25, -0.2) is 0 Å². The van der Waals surface area contributed by atoms with Crippen LogP contribution in [0.5, 0.6) is 0 Å². The number of nitro groups is 1. The minimum absolute atomic E-state index is 0.184. The summed E-state index contributed by atoms with van der Waals surface area (Å²) in [5.41, 5.74) is 2.22. The van der Waals surface area contributed by atoms with E-state index in [2.05, 4.69) is 10.3 Å². The van der Waals surface area contributed by atoms with Crippen LogP contribution in [0.4, 0.5) is 5.69 Å². The van der Waals surface area contributed by atoms with Gasteiger partial charge in [-0.3, -0.25) is 15.1 Å². The molecule has 1 N–H and O–H groups in total. The zero-order valence-electron chi connectivity index (χ0n) is 12.5. The number of hydrogen-bond acceptors (Lipinski definition) is 5. The third kappa shape index (κ3) is 2.91. The van der Waals surface area contributed by atoms with Crippen LogP contribution in [0.2, 0.25) is 0 Å². The molecule has 1 aliphatic heterocycles. The van der Waals surface area contributed by atoms with Gasteiger partial charge in [0.25, 0.3) is 5.69 Å². The zero-order chi connectivity index (χ0) is 15.0. The van der Waals surface area contributed by atoms with Gasteiger partial charge in [-0.1, -0.05) is 0 Å². The topological polar surface area (TPSA) is 77.3 Å². The van der Waals surface area contributed by atoms with Crippen molar-refractivity contribution in [2.75, 3.05) is 6.61 Å². The number of nitrogens with zero attached hydrogens (tertiary/aromatic N) is 2. The summed E-state index contributed by atoms with van der Waals surface area (Å²) >= 11 is 0. The van der Waals surface area contributed by atoms with Crippen LogP contribution in [0.3, 0.4) is 0 Å². The SMILES string of the molecule is Cc1cnc(CNC2CCOC2C2CC2)c(C)c1[N+](=O)[O-]. The van der Waals surface area contributed by atoms with Crippen LogP contribution in [-0.2, 0) is 11.3 Å². The van der Waals surface area contributed by atoms with Crippen molar-refractivity contribution in [1.29, 1.82) is 0 Å². The summed E-state index contributed by atoms with van der Waals surface area (Å²) in [6.07, 6.45) is 5.43. The molecule has 0 aromatic carbocycles.